The lowest BCUT2D eigenvalue weighted by atomic mass is 10.0. The predicted molar refractivity (Wildman–Crippen MR) is 98.5 cm³/mol. The first-order chi connectivity index (χ1) is 12.0. The third-order valence-corrected chi connectivity index (χ3v) is 4.40. The number of hydrogen-bond acceptors (Lipinski definition) is 3. The molecular weight excluding hydrogens is 316 g/mol. The zero-order valence-corrected chi connectivity index (χ0v) is 15.6. The van der Waals surface area contributed by atoms with Crippen molar-refractivity contribution in [3.05, 3.63) is 29.8 Å². The van der Waals surface area contributed by atoms with Gasteiger partial charge in [-0.05, 0) is 43.4 Å². The van der Waals surface area contributed by atoms with Crippen molar-refractivity contribution in [3.63, 3.8) is 0 Å². The highest BCUT2D eigenvalue weighted by molar-refractivity contribution is 5.79. The first-order valence-corrected chi connectivity index (χ1v) is 9.26. The summed E-state index contributed by atoms with van der Waals surface area (Å²) in [6.07, 6.45) is 2.64. The predicted octanol–water partition coefficient (Wildman–Crippen LogP) is 2.78. The number of hydrogen-bond donors (Lipinski definition) is 1. The quantitative estimate of drug-likeness (QED) is 0.826. The van der Waals surface area contributed by atoms with Gasteiger partial charge in [-0.15, -0.1) is 0 Å². The van der Waals surface area contributed by atoms with Gasteiger partial charge in [-0.25, -0.2) is 0 Å². The number of carbonyl (C=O) groups excluding carboxylic acids is 2. The Labute approximate surface area is 150 Å². The molecule has 1 N–H and O–H groups in total. The van der Waals surface area contributed by atoms with Gasteiger partial charge >= 0.3 is 0 Å². The maximum absolute atomic E-state index is 12.5. The molecule has 0 saturated carbocycles. The van der Waals surface area contributed by atoms with E-state index in [0.29, 0.717) is 38.5 Å². The van der Waals surface area contributed by atoms with E-state index in [4.69, 9.17) is 4.74 Å². The summed E-state index contributed by atoms with van der Waals surface area (Å²) in [5.41, 5.74) is 1.00. The second-order valence-corrected chi connectivity index (χ2v) is 7.07. The number of piperidine rings is 1. The number of rotatable bonds is 7. The van der Waals surface area contributed by atoms with Gasteiger partial charge in [0.2, 0.25) is 11.8 Å². The van der Waals surface area contributed by atoms with E-state index in [1.807, 2.05) is 49.9 Å². The van der Waals surface area contributed by atoms with Gasteiger partial charge in [-0.3, -0.25) is 9.59 Å². The third-order valence-electron chi connectivity index (χ3n) is 4.40. The molecule has 5 nitrogen and oxygen atoms in total. The summed E-state index contributed by atoms with van der Waals surface area (Å²) in [4.78, 5) is 26.2. The number of benzene rings is 1. The molecule has 0 aromatic heterocycles. The Kier molecular flexibility index (Phi) is 7.29. The summed E-state index contributed by atoms with van der Waals surface area (Å²) in [5, 5.41) is 3.09. The van der Waals surface area contributed by atoms with Gasteiger partial charge in [0.15, 0.2) is 0 Å². The minimum absolute atomic E-state index is 0.120. The Hall–Kier alpha value is -2.04. The third kappa shape index (κ3) is 6.40. The fourth-order valence-electron chi connectivity index (χ4n) is 3.09. The number of nitrogens with zero attached hydrogens (tertiary/aromatic N) is 1. The second kappa shape index (κ2) is 9.44. The lowest BCUT2D eigenvalue weighted by molar-refractivity contribution is -0.131. The van der Waals surface area contributed by atoms with Crippen molar-refractivity contribution in [2.45, 2.75) is 52.5 Å². The molecule has 2 amide bonds. The lowest BCUT2D eigenvalue weighted by Gasteiger charge is -2.32. The van der Waals surface area contributed by atoms with Crippen LogP contribution in [0.15, 0.2) is 24.3 Å². The van der Waals surface area contributed by atoms with E-state index in [2.05, 4.69) is 5.32 Å². The molecule has 5 heteroatoms. The Morgan fingerprint density at radius 1 is 1.20 bits per heavy atom. The first-order valence-electron chi connectivity index (χ1n) is 9.26. The minimum Gasteiger partial charge on any atom is -0.494 e. The van der Waals surface area contributed by atoms with E-state index in [1.54, 1.807) is 0 Å². The monoisotopic (exact) mass is 346 g/mol. The van der Waals surface area contributed by atoms with Gasteiger partial charge < -0.3 is 15.0 Å². The average Bonchev–Trinajstić information content (AvgIpc) is 2.56. The summed E-state index contributed by atoms with van der Waals surface area (Å²) < 4.78 is 5.42. The molecule has 25 heavy (non-hydrogen) atoms. The van der Waals surface area contributed by atoms with Crippen molar-refractivity contribution in [2.24, 2.45) is 5.92 Å². The van der Waals surface area contributed by atoms with Crippen LogP contribution in [0, 0.1) is 5.92 Å². The molecule has 1 saturated heterocycles. The van der Waals surface area contributed by atoms with Gasteiger partial charge in [-0.2, -0.15) is 0 Å². The molecule has 1 aromatic carbocycles. The molecule has 0 radical (unpaired) electrons. The fraction of sp³-hybridized carbons (Fsp3) is 0.600. The molecule has 0 unspecified atom stereocenters. The number of amides is 2. The second-order valence-electron chi connectivity index (χ2n) is 7.07. The Bertz CT molecular complexity index is 561. The Balaban J connectivity index is 1.76. The van der Waals surface area contributed by atoms with Crippen molar-refractivity contribution in [1.29, 1.82) is 0 Å². The highest BCUT2D eigenvalue weighted by Crippen LogP contribution is 2.16. The Morgan fingerprint density at radius 3 is 2.40 bits per heavy atom. The van der Waals surface area contributed by atoms with Crippen LogP contribution in [0.5, 0.6) is 5.75 Å². The van der Waals surface area contributed by atoms with Crippen molar-refractivity contribution >= 4 is 11.8 Å². The highest BCUT2D eigenvalue weighted by atomic mass is 16.5. The molecule has 1 fully saturated rings. The van der Waals surface area contributed by atoms with Crippen molar-refractivity contribution in [2.75, 3.05) is 19.7 Å². The normalized spacial score (nSPS) is 15.3. The molecule has 138 valence electrons. The van der Waals surface area contributed by atoms with E-state index in [0.717, 1.165) is 24.2 Å². The van der Waals surface area contributed by atoms with Crippen LogP contribution in [-0.2, 0) is 16.0 Å². The zero-order chi connectivity index (χ0) is 18.2. The standard InChI is InChI=1S/C20H30N2O3/c1-4-25-18-7-5-16(6-8-18)14-20(24)22-11-9-17(10-12-22)21-19(23)13-15(2)3/h5-8,15,17H,4,9-14H2,1-3H3,(H,21,23). The molecule has 0 aliphatic carbocycles. The van der Waals surface area contributed by atoms with Crippen molar-refractivity contribution < 1.29 is 14.3 Å². The van der Waals surface area contributed by atoms with Crippen molar-refractivity contribution in [3.8, 4) is 5.75 Å². The van der Waals surface area contributed by atoms with Crippen LogP contribution in [0.1, 0.15) is 45.6 Å². The molecule has 0 atom stereocenters. The van der Waals surface area contributed by atoms with Crippen LogP contribution in [0.25, 0.3) is 0 Å². The summed E-state index contributed by atoms with van der Waals surface area (Å²) in [7, 11) is 0. The Morgan fingerprint density at radius 2 is 1.84 bits per heavy atom. The zero-order valence-electron chi connectivity index (χ0n) is 15.6. The minimum atomic E-state index is 0.120. The van der Waals surface area contributed by atoms with Gasteiger partial charge in [-0.1, -0.05) is 26.0 Å². The smallest absolute Gasteiger partial charge is 0.226 e. The maximum atomic E-state index is 12.5. The number of carbonyl (C=O) groups is 2. The van der Waals surface area contributed by atoms with Crippen molar-refractivity contribution in [1.82, 2.24) is 10.2 Å². The van der Waals surface area contributed by atoms with Crippen LogP contribution in [0.3, 0.4) is 0 Å². The molecule has 0 bridgehead atoms. The molecule has 1 aromatic rings. The number of likely N-dealkylation sites (tertiary alicyclic amines) is 1. The van der Waals surface area contributed by atoms with E-state index in [1.165, 1.54) is 0 Å². The molecule has 1 aliphatic rings. The number of ether oxygens (including phenoxy) is 1. The molecule has 2 rings (SSSR count). The van der Waals surface area contributed by atoms with Crippen LogP contribution in [0.2, 0.25) is 0 Å². The number of nitrogens with one attached hydrogen (secondary N) is 1. The molecule has 0 spiro atoms. The molecule has 1 heterocycles. The van der Waals surface area contributed by atoms with Crippen LogP contribution in [-0.4, -0.2) is 42.5 Å². The topological polar surface area (TPSA) is 58.6 Å². The van der Waals surface area contributed by atoms with E-state index in [9.17, 15) is 9.59 Å². The summed E-state index contributed by atoms with van der Waals surface area (Å²) in [6.45, 7) is 8.10. The summed E-state index contributed by atoms with van der Waals surface area (Å²) >= 11 is 0. The van der Waals surface area contributed by atoms with Gasteiger partial charge in [0.05, 0.1) is 13.0 Å². The van der Waals surface area contributed by atoms with E-state index < -0.39 is 0 Å². The fourth-order valence-corrected chi connectivity index (χ4v) is 3.09. The van der Waals surface area contributed by atoms with Crippen LogP contribution >= 0.6 is 0 Å². The van der Waals surface area contributed by atoms with Gasteiger partial charge in [0.1, 0.15) is 5.75 Å². The molecule has 1 aliphatic heterocycles. The van der Waals surface area contributed by atoms with E-state index >= 15 is 0 Å². The first kappa shape index (κ1) is 19.3. The highest BCUT2D eigenvalue weighted by Gasteiger charge is 2.24. The van der Waals surface area contributed by atoms with Crippen LogP contribution < -0.4 is 10.1 Å². The lowest BCUT2D eigenvalue weighted by Crippen LogP contribution is -2.47. The largest absolute Gasteiger partial charge is 0.494 e. The van der Waals surface area contributed by atoms with Gasteiger partial charge in [0, 0.05) is 25.6 Å². The average molecular weight is 346 g/mol. The summed E-state index contributed by atoms with van der Waals surface area (Å²) in [5.74, 6) is 1.47. The van der Waals surface area contributed by atoms with Gasteiger partial charge in [0.25, 0.3) is 0 Å². The van der Waals surface area contributed by atoms with Crippen LogP contribution in [0.4, 0.5) is 0 Å². The molecular formula is C20H30N2O3. The summed E-state index contributed by atoms with van der Waals surface area (Å²) in [6, 6.07) is 7.90. The maximum Gasteiger partial charge on any atom is 0.226 e. The van der Waals surface area contributed by atoms with E-state index in [-0.39, 0.29) is 17.9 Å². The SMILES string of the molecule is CCOc1ccc(CC(=O)N2CCC(NC(=O)CC(C)C)CC2)cc1.